The lowest BCUT2D eigenvalue weighted by atomic mass is 9.92. The number of esters is 1. The first-order chi connectivity index (χ1) is 13.4. The molecule has 2 heterocycles. The molecule has 0 spiro atoms. The third kappa shape index (κ3) is 3.57. The molecule has 8 nitrogen and oxygen atoms in total. The fourth-order valence-corrected chi connectivity index (χ4v) is 2.94. The van der Waals surface area contributed by atoms with E-state index in [1.165, 1.54) is 30.3 Å². The normalized spacial score (nSPS) is 11.9. The maximum absolute atomic E-state index is 12.6. The second kappa shape index (κ2) is 7.91. The lowest BCUT2D eigenvalue weighted by Crippen LogP contribution is -2.35. The molecule has 0 aliphatic carbocycles. The quantitative estimate of drug-likeness (QED) is 0.227. The number of ether oxygens (including phenoxy) is 1. The molecular weight excluding hydrogens is 366 g/mol. The average molecular weight is 383 g/mol. The van der Waals surface area contributed by atoms with Crippen LogP contribution in [0.5, 0.6) is 5.75 Å². The van der Waals surface area contributed by atoms with E-state index in [1.807, 2.05) is 0 Å². The highest BCUT2D eigenvalue weighted by atomic mass is 16.5. The summed E-state index contributed by atoms with van der Waals surface area (Å²) in [5.41, 5.74) is -1.38. The Bertz CT molecular complexity index is 1100. The number of carbonyl (C=O) groups is 2. The van der Waals surface area contributed by atoms with Crippen molar-refractivity contribution in [2.24, 2.45) is 0 Å². The molecule has 0 saturated carbocycles. The molecule has 3 rings (SSSR count). The lowest BCUT2D eigenvalue weighted by molar-refractivity contribution is -0.607. The van der Waals surface area contributed by atoms with Gasteiger partial charge in [0.25, 0.3) is 5.69 Å². The van der Waals surface area contributed by atoms with Crippen LogP contribution in [0.2, 0.25) is 0 Å². The van der Waals surface area contributed by atoms with E-state index in [9.17, 15) is 24.7 Å². The van der Waals surface area contributed by atoms with Crippen LogP contribution in [0.25, 0.3) is 11.0 Å². The van der Waals surface area contributed by atoms with Gasteiger partial charge in [-0.1, -0.05) is 12.1 Å². The molecule has 1 N–H and O–H groups in total. The second-order valence-electron chi connectivity index (χ2n) is 5.99. The molecule has 0 radical (unpaired) electrons. The first kappa shape index (κ1) is 19.1. The average Bonchev–Trinajstić information content (AvgIpc) is 2.67. The Morgan fingerprint density at radius 1 is 1.21 bits per heavy atom. The zero-order valence-electron chi connectivity index (χ0n) is 15.0. The highest BCUT2D eigenvalue weighted by molar-refractivity contribution is 5.97. The number of benzene rings is 1. The van der Waals surface area contributed by atoms with Crippen molar-refractivity contribution in [1.29, 1.82) is 0 Å². The minimum absolute atomic E-state index is 0.0100. The first-order valence-electron chi connectivity index (χ1n) is 8.56. The minimum Gasteiger partial charge on any atom is -0.618 e. The number of carbonyl (C=O) groups excluding carboxylic acids is 2. The predicted molar refractivity (Wildman–Crippen MR) is 97.9 cm³/mol. The van der Waals surface area contributed by atoms with E-state index in [1.54, 1.807) is 19.1 Å². The van der Waals surface area contributed by atoms with Gasteiger partial charge in [0.1, 0.15) is 17.3 Å². The number of rotatable bonds is 6. The smallest absolute Gasteiger partial charge is 0.344 e. The molecule has 1 atom stereocenters. The Labute approximate surface area is 159 Å². The van der Waals surface area contributed by atoms with Crippen LogP contribution < -0.4 is 10.4 Å². The Morgan fingerprint density at radius 2 is 1.93 bits per heavy atom. The Morgan fingerprint density at radius 3 is 2.64 bits per heavy atom. The van der Waals surface area contributed by atoms with E-state index in [4.69, 9.17) is 9.15 Å². The molecule has 0 bridgehead atoms. The van der Waals surface area contributed by atoms with Gasteiger partial charge in [-0.15, -0.1) is 0 Å². The SMILES string of the molecule is CCOC(=O)[C@@H](CC(=O)c1cccc[n+]1[O-])c1c(O)c2ccccc2oc1=O. The van der Waals surface area contributed by atoms with Crippen molar-refractivity contribution in [2.45, 2.75) is 19.3 Å². The van der Waals surface area contributed by atoms with E-state index in [0.717, 1.165) is 6.20 Å². The van der Waals surface area contributed by atoms with Gasteiger partial charge >= 0.3 is 11.6 Å². The summed E-state index contributed by atoms with van der Waals surface area (Å²) in [4.78, 5) is 37.6. The molecular formula is C20H17NO7. The summed E-state index contributed by atoms with van der Waals surface area (Å²) in [6, 6.07) is 10.5. The zero-order chi connectivity index (χ0) is 20.3. The van der Waals surface area contributed by atoms with E-state index < -0.39 is 35.5 Å². The number of pyridine rings is 1. The third-order valence-corrected chi connectivity index (χ3v) is 4.24. The summed E-state index contributed by atoms with van der Waals surface area (Å²) in [7, 11) is 0. The zero-order valence-corrected chi connectivity index (χ0v) is 15.0. The molecule has 1 aromatic carbocycles. The summed E-state index contributed by atoms with van der Waals surface area (Å²) in [6.45, 7) is 1.58. The Hall–Kier alpha value is -3.68. The molecule has 0 amide bonds. The van der Waals surface area contributed by atoms with E-state index in [2.05, 4.69) is 0 Å². The Balaban J connectivity index is 2.10. The summed E-state index contributed by atoms with van der Waals surface area (Å²) < 4.78 is 10.5. The van der Waals surface area contributed by atoms with Crippen LogP contribution in [0.4, 0.5) is 0 Å². The van der Waals surface area contributed by atoms with E-state index in [0.29, 0.717) is 4.73 Å². The third-order valence-electron chi connectivity index (χ3n) is 4.24. The van der Waals surface area contributed by atoms with Crippen LogP contribution in [-0.4, -0.2) is 23.5 Å². The molecule has 0 saturated heterocycles. The summed E-state index contributed by atoms with van der Waals surface area (Å²) >= 11 is 0. The number of para-hydroxylation sites is 1. The molecule has 8 heteroatoms. The van der Waals surface area contributed by atoms with Gasteiger partial charge in [0.05, 0.1) is 17.6 Å². The fraction of sp³-hybridized carbons (Fsp3) is 0.200. The van der Waals surface area contributed by atoms with Crippen LogP contribution >= 0.6 is 0 Å². The van der Waals surface area contributed by atoms with Crippen molar-refractivity contribution in [3.8, 4) is 5.75 Å². The minimum atomic E-state index is -1.42. The number of aromatic hydroxyl groups is 1. The van der Waals surface area contributed by atoms with Gasteiger partial charge in [-0.05, 0) is 25.1 Å². The van der Waals surface area contributed by atoms with Crippen LogP contribution in [0, 0.1) is 5.21 Å². The number of nitrogens with zero attached hydrogens (tertiary/aromatic N) is 1. The molecule has 0 fully saturated rings. The number of Topliss-reactive ketones (excluding diaryl/α,β-unsaturated/α-hetero) is 1. The van der Waals surface area contributed by atoms with Gasteiger partial charge in [-0.25, -0.2) is 4.79 Å². The molecule has 0 aliphatic heterocycles. The van der Waals surface area contributed by atoms with Crippen LogP contribution in [0.3, 0.4) is 0 Å². The molecule has 2 aromatic heterocycles. The standard InChI is InChI=1S/C20H17NO7/c1-2-27-19(24)13(11-15(22)14-8-5-6-10-21(14)26)17-18(23)12-7-3-4-9-16(12)28-20(17)25/h3-10,13,23H,2,11H2,1H3/t13-/m0/s1. The predicted octanol–water partition coefficient (Wildman–Crippen LogP) is 2.05. The largest absolute Gasteiger partial charge is 0.618 e. The van der Waals surface area contributed by atoms with Gasteiger partial charge in [-0.3, -0.25) is 9.59 Å². The Kier molecular flexibility index (Phi) is 5.39. The molecule has 3 aromatic rings. The summed E-state index contributed by atoms with van der Waals surface area (Å²) in [5.74, 6) is -3.43. The topological polar surface area (TPSA) is 121 Å². The van der Waals surface area contributed by atoms with E-state index >= 15 is 0 Å². The van der Waals surface area contributed by atoms with Crippen molar-refractivity contribution in [3.05, 3.63) is 75.5 Å². The van der Waals surface area contributed by atoms with Crippen LogP contribution in [0.1, 0.15) is 35.3 Å². The number of fused-ring (bicyclic) bond motifs is 1. The summed E-state index contributed by atoms with van der Waals surface area (Å²) in [5, 5.41) is 22.7. The molecule has 144 valence electrons. The van der Waals surface area contributed by atoms with Crippen molar-refractivity contribution in [3.63, 3.8) is 0 Å². The first-order valence-corrected chi connectivity index (χ1v) is 8.56. The maximum Gasteiger partial charge on any atom is 0.344 e. The van der Waals surface area contributed by atoms with Gasteiger partial charge in [0.2, 0.25) is 5.78 Å². The van der Waals surface area contributed by atoms with Crippen LogP contribution in [-0.2, 0) is 9.53 Å². The van der Waals surface area contributed by atoms with Gasteiger partial charge < -0.3 is 19.5 Å². The van der Waals surface area contributed by atoms with Crippen molar-refractivity contribution >= 4 is 22.7 Å². The number of ketones is 1. The van der Waals surface area contributed by atoms with Gasteiger partial charge in [0.15, 0.2) is 6.20 Å². The highest BCUT2D eigenvalue weighted by Crippen LogP contribution is 2.33. The summed E-state index contributed by atoms with van der Waals surface area (Å²) in [6.07, 6.45) is 0.607. The monoisotopic (exact) mass is 383 g/mol. The molecule has 0 aliphatic rings. The maximum atomic E-state index is 12.6. The van der Waals surface area contributed by atoms with E-state index in [-0.39, 0.29) is 28.8 Å². The van der Waals surface area contributed by atoms with Gasteiger partial charge in [-0.2, -0.15) is 4.73 Å². The highest BCUT2D eigenvalue weighted by Gasteiger charge is 2.34. The van der Waals surface area contributed by atoms with Crippen molar-refractivity contribution in [1.82, 2.24) is 0 Å². The van der Waals surface area contributed by atoms with Gasteiger partial charge in [0, 0.05) is 18.6 Å². The number of hydrogen-bond donors (Lipinski definition) is 1. The molecule has 0 unspecified atom stereocenters. The van der Waals surface area contributed by atoms with Crippen molar-refractivity contribution < 1.29 is 28.6 Å². The molecule has 28 heavy (non-hydrogen) atoms. The van der Waals surface area contributed by atoms with Crippen molar-refractivity contribution in [2.75, 3.05) is 6.61 Å². The lowest BCUT2D eigenvalue weighted by Gasteiger charge is -2.16. The number of hydrogen-bond acceptors (Lipinski definition) is 7. The van der Waals surface area contributed by atoms with Crippen LogP contribution in [0.15, 0.2) is 57.9 Å². The fourth-order valence-electron chi connectivity index (χ4n) is 2.94. The number of aromatic nitrogens is 1. The second-order valence-corrected chi connectivity index (χ2v) is 5.99.